The standard InChI is InChI=1S/C21H26ClN3O5S/c1-31(27,28)18-4-2-3-16(9-18)19-29-13-21(26,14-30-19)10-15-5-7-25(8-6-15)20-23-11-17(22)12-24-20/h2-4,9,11-12,15,19,26H,5-8,10,13-14H2,1H3. The van der Waals surface area contributed by atoms with E-state index >= 15 is 0 Å². The van der Waals surface area contributed by atoms with Crippen molar-refractivity contribution in [3.63, 3.8) is 0 Å². The predicted octanol–water partition coefficient (Wildman–Crippen LogP) is 2.62. The van der Waals surface area contributed by atoms with Gasteiger partial charge in [-0.15, -0.1) is 0 Å². The minimum Gasteiger partial charge on any atom is -0.385 e. The van der Waals surface area contributed by atoms with Crippen molar-refractivity contribution in [3.05, 3.63) is 47.2 Å². The molecular weight excluding hydrogens is 442 g/mol. The highest BCUT2D eigenvalue weighted by atomic mass is 35.5. The number of halogens is 1. The molecule has 3 heterocycles. The largest absolute Gasteiger partial charge is 0.385 e. The second kappa shape index (κ2) is 8.99. The first kappa shape index (κ1) is 22.4. The topological polar surface area (TPSA) is 102 Å². The molecule has 1 aromatic carbocycles. The molecule has 4 rings (SSSR count). The molecule has 168 valence electrons. The number of piperidine rings is 1. The molecule has 10 heteroatoms. The second-order valence-electron chi connectivity index (χ2n) is 8.36. The minimum absolute atomic E-state index is 0.140. The van der Waals surface area contributed by atoms with Crippen LogP contribution in [-0.2, 0) is 19.3 Å². The molecule has 8 nitrogen and oxygen atoms in total. The van der Waals surface area contributed by atoms with Gasteiger partial charge in [0.05, 0.1) is 35.5 Å². The molecule has 0 spiro atoms. The number of rotatable bonds is 5. The highest BCUT2D eigenvalue weighted by Gasteiger charge is 2.38. The van der Waals surface area contributed by atoms with Crippen LogP contribution in [0.2, 0.25) is 5.02 Å². The normalized spacial score (nSPS) is 25.5. The van der Waals surface area contributed by atoms with Crippen molar-refractivity contribution < 1.29 is 23.0 Å². The molecule has 2 saturated heterocycles. The van der Waals surface area contributed by atoms with Crippen molar-refractivity contribution in [2.45, 2.75) is 36.0 Å². The van der Waals surface area contributed by atoms with Crippen LogP contribution in [-0.4, -0.2) is 61.7 Å². The molecule has 0 unspecified atom stereocenters. The summed E-state index contributed by atoms with van der Waals surface area (Å²) in [6, 6.07) is 6.52. The van der Waals surface area contributed by atoms with E-state index in [1.54, 1.807) is 36.7 Å². The van der Waals surface area contributed by atoms with Gasteiger partial charge in [-0.25, -0.2) is 18.4 Å². The first-order chi connectivity index (χ1) is 14.7. The minimum atomic E-state index is -3.31. The Labute approximate surface area is 187 Å². The maximum absolute atomic E-state index is 11.8. The summed E-state index contributed by atoms with van der Waals surface area (Å²) in [4.78, 5) is 10.9. The Morgan fingerprint density at radius 3 is 2.45 bits per heavy atom. The molecule has 2 aliphatic heterocycles. The van der Waals surface area contributed by atoms with E-state index in [2.05, 4.69) is 14.9 Å². The van der Waals surface area contributed by atoms with Crippen LogP contribution in [0.3, 0.4) is 0 Å². The Bertz CT molecular complexity index is 1000. The Morgan fingerprint density at radius 1 is 1.19 bits per heavy atom. The maximum atomic E-state index is 11.8. The zero-order valence-electron chi connectivity index (χ0n) is 17.3. The van der Waals surface area contributed by atoms with Crippen molar-refractivity contribution in [1.82, 2.24) is 9.97 Å². The smallest absolute Gasteiger partial charge is 0.225 e. The van der Waals surface area contributed by atoms with E-state index in [1.165, 1.54) is 0 Å². The molecule has 31 heavy (non-hydrogen) atoms. The highest BCUT2D eigenvalue weighted by Crippen LogP contribution is 2.34. The van der Waals surface area contributed by atoms with Crippen LogP contribution in [0, 0.1) is 5.92 Å². The molecule has 0 radical (unpaired) electrons. The quantitative estimate of drug-likeness (QED) is 0.716. The van der Waals surface area contributed by atoms with Crippen LogP contribution in [0.5, 0.6) is 0 Å². The average Bonchev–Trinajstić information content (AvgIpc) is 2.75. The summed E-state index contributed by atoms with van der Waals surface area (Å²) in [7, 11) is -3.31. The van der Waals surface area contributed by atoms with Crippen molar-refractivity contribution >= 4 is 27.4 Å². The van der Waals surface area contributed by atoms with Gasteiger partial charge in [-0.3, -0.25) is 0 Å². The Kier molecular flexibility index (Phi) is 6.50. The lowest BCUT2D eigenvalue weighted by atomic mass is 9.85. The molecular formula is C21H26ClN3O5S. The van der Waals surface area contributed by atoms with E-state index in [9.17, 15) is 13.5 Å². The van der Waals surface area contributed by atoms with Crippen LogP contribution >= 0.6 is 11.6 Å². The average molecular weight is 468 g/mol. The number of nitrogens with zero attached hydrogens (tertiary/aromatic N) is 3. The van der Waals surface area contributed by atoms with Gasteiger partial charge >= 0.3 is 0 Å². The van der Waals surface area contributed by atoms with E-state index < -0.39 is 21.7 Å². The number of hydrogen-bond donors (Lipinski definition) is 1. The fourth-order valence-corrected chi connectivity index (χ4v) is 4.87. The molecule has 0 bridgehead atoms. The van der Waals surface area contributed by atoms with Crippen molar-refractivity contribution in [2.24, 2.45) is 5.92 Å². The predicted molar refractivity (Wildman–Crippen MR) is 116 cm³/mol. The number of anilines is 1. The Morgan fingerprint density at radius 2 is 1.84 bits per heavy atom. The molecule has 0 amide bonds. The fraction of sp³-hybridized carbons (Fsp3) is 0.524. The Hall–Kier alpha value is -1.78. The summed E-state index contributed by atoms with van der Waals surface area (Å²) in [6.07, 6.45) is 6.07. The molecule has 0 aliphatic carbocycles. The van der Waals surface area contributed by atoms with E-state index in [4.69, 9.17) is 21.1 Å². The third-order valence-electron chi connectivity index (χ3n) is 5.74. The molecule has 0 atom stereocenters. The molecule has 2 aromatic rings. The Balaban J connectivity index is 1.30. The number of benzene rings is 1. The molecule has 0 saturated carbocycles. The van der Waals surface area contributed by atoms with Gasteiger partial charge in [0.2, 0.25) is 5.95 Å². The summed E-state index contributed by atoms with van der Waals surface area (Å²) in [5, 5.41) is 11.5. The molecule has 1 aromatic heterocycles. The summed E-state index contributed by atoms with van der Waals surface area (Å²) < 4.78 is 35.1. The van der Waals surface area contributed by atoms with E-state index in [-0.39, 0.29) is 18.1 Å². The first-order valence-corrected chi connectivity index (χ1v) is 12.5. The van der Waals surface area contributed by atoms with E-state index in [0.717, 1.165) is 32.2 Å². The van der Waals surface area contributed by atoms with Gasteiger partial charge in [-0.05, 0) is 37.3 Å². The van der Waals surface area contributed by atoms with Crippen molar-refractivity contribution in [3.8, 4) is 0 Å². The number of aliphatic hydroxyl groups is 1. The van der Waals surface area contributed by atoms with Gasteiger partial charge in [0.15, 0.2) is 16.1 Å². The van der Waals surface area contributed by atoms with Gasteiger partial charge in [-0.2, -0.15) is 0 Å². The summed E-state index contributed by atoms with van der Waals surface area (Å²) in [6.45, 7) is 1.90. The zero-order valence-corrected chi connectivity index (χ0v) is 18.8. The monoisotopic (exact) mass is 467 g/mol. The van der Waals surface area contributed by atoms with Crippen LogP contribution < -0.4 is 4.90 Å². The van der Waals surface area contributed by atoms with Gasteiger partial charge < -0.3 is 19.5 Å². The van der Waals surface area contributed by atoms with Gasteiger partial charge in [0, 0.05) is 24.9 Å². The third-order valence-corrected chi connectivity index (χ3v) is 7.04. The second-order valence-corrected chi connectivity index (χ2v) is 10.8. The van der Waals surface area contributed by atoms with Crippen LogP contribution in [0.4, 0.5) is 5.95 Å². The molecule has 1 N–H and O–H groups in total. The lowest BCUT2D eigenvalue weighted by Gasteiger charge is -2.40. The van der Waals surface area contributed by atoms with Crippen LogP contribution in [0.25, 0.3) is 0 Å². The summed E-state index contributed by atoms with van der Waals surface area (Å²) in [5.41, 5.74) is -0.435. The lowest BCUT2D eigenvalue weighted by molar-refractivity contribution is -0.261. The van der Waals surface area contributed by atoms with Crippen LogP contribution in [0.1, 0.15) is 31.1 Å². The fourth-order valence-electron chi connectivity index (χ4n) is 4.10. The maximum Gasteiger partial charge on any atom is 0.225 e. The first-order valence-electron chi connectivity index (χ1n) is 10.2. The number of hydrogen-bond acceptors (Lipinski definition) is 8. The highest BCUT2D eigenvalue weighted by molar-refractivity contribution is 7.90. The summed E-state index contributed by atoms with van der Waals surface area (Å²) >= 11 is 5.85. The van der Waals surface area contributed by atoms with Crippen LogP contribution in [0.15, 0.2) is 41.6 Å². The third kappa shape index (κ3) is 5.53. The number of aromatic nitrogens is 2. The van der Waals surface area contributed by atoms with Gasteiger partial charge in [0.25, 0.3) is 0 Å². The summed E-state index contributed by atoms with van der Waals surface area (Å²) in [5.74, 6) is 1.01. The van der Waals surface area contributed by atoms with Gasteiger partial charge in [0.1, 0.15) is 5.60 Å². The van der Waals surface area contributed by atoms with Crippen molar-refractivity contribution in [1.29, 1.82) is 0 Å². The number of sulfone groups is 1. The zero-order chi connectivity index (χ0) is 22.1. The van der Waals surface area contributed by atoms with Crippen molar-refractivity contribution in [2.75, 3.05) is 37.5 Å². The van der Waals surface area contributed by atoms with E-state index in [0.29, 0.717) is 28.9 Å². The molecule has 2 aliphatic rings. The number of ether oxygens (including phenoxy) is 2. The van der Waals surface area contributed by atoms with Gasteiger partial charge in [-0.1, -0.05) is 23.7 Å². The lowest BCUT2D eigenvalue weighted by Crippen LogP contribution is -2.47. The molecule has 2 fully saturated rings. The van der Waals surface area contributed by atoms with E-state index in [1.807, 2.05) is 0 Å². The SMILES string of the molecule is CS(=O)(=O)c1cccc(C2OCC(O)(CC3CCN(c4ncc(Cl)cn4)CC3)CO2)c1.